The maximum atomic E-state index is 12.0. The third-order valence-corrected chi connectivity index (χ3v) is 2.59. The van der Waals surface area contributed by atoms with Gasteiger partial charge in [0, 0.05) is 12.6 Å². The first-order chi connectivity index (χ1) is 7.38. The van der Waals surface area contributed by atoms with Gasteiger partial charge < -0.3 is 10.6 Å². The smallest absolute Gasteiger partial charge is 0.353 e. The van der Waals surface area contributed by atoms with Gasteiger partial charge in [0.15, 0.2) is 0 Å². The van der Waals surface area contributed by atoms with Crippen molar-refractivity contribution < 1.29 is 18.0 Å². The fourth-order valence-corrected chi connectivity index (χ4v) is 1.83. The molecule has 0 aromatic heterocycles. The second-order valence-corrected chi connectivity index (χ2v) is 4.27. The zero-order chi connectivity index (χ0) is 12.2. The highest BCUT2D eigenvalue weighted by molar-refractivity contribution is 5.79. The molecule has 0 radical (unpaired) electrons. The third kappa shape index (κ3) is 4.83. The van der Waals surface area contributed by atoms with E-state index >= 15 is 0 Å². The van der Waals surface area contributed by atoms with Gasteiger partial charge in [-0.3, -0.25) is 4.79 Å². The highest BCUT2D eigenvalue weighted by Crippen LogP contribution is 2.21. The van der Waals surface area contributed by atoms with E-state index in [1.807, 2.05) is 0 Å². The number of rotatable bonds is 3. The Balaban J connectivity index is 2.32. The molecule has 1 amide bonds. The van der Waals surface area contributed by atoms with E-state index in [1.54, 1.807) is 0 Å². The molecule has 0 aromatic carbocycles. The van der Waals surface area contributed by atoms with E-state index in [1.165, 1.54) is 6.92 Å². The number of halogens is 3. The van der Waals surface area contributed by atoms with Crippen LogP contribution in [0.4, 0.5) is 13.2 Å². The van der Waals surface area contributed by atoms with Crippen molar-refractivity contribution in [3.8, 4) is 0 Å². The fraction of sp³-hybridized carbons (Fsp3) is 0.900. The fourth-order valence-electron chi connectivity index (χ4n) is 1.83. The molecule has 2 unspecified atom stereocenters. The normalized spacial score (nSPS) is 23.9. The molecule has 1 aliphatic rings. The van der Waals surface area contributed by atoms with Gasteiger partial charge in [-0.15, -0.1) is 0 Å². The van der Waals surface area contributed by atoms with E-state index in [0.29, 0.717) is 6.54 Å². The lowest BCUT2D eigenvalue weighted by atomic mass is 9.98. The summed E-state index contributed by atoms with van der Waals surface area (Å²) in [5, 5.41) is 5.46. The lowest BCUT2D eigenvalue weighted by Crippen LogP contribution is -2.44. The summed E-state index contributed by atoms with van der Waals surface area (Å²) in [4.78, 5) is 11.6. The summed E-state index contributed by atoms with van der Waals surface area (Å²) in [6, 6.07) is -0.852. The molecule has 94 valence electrons. The maximum absolute atomic E-state index is 12.0. The molecule has 2 N–H and O–H groups in total. The molecular weight excluding hydrogens is 221 g/mol. The van der Waals surface area contributed by atoms with Gasteiger partial charge in [0.1, 0.15) is 0 Å². The molecule has 0 aliphatic carbocycles. The topological polar surface area (TPSA) is 41.1 Å². The van der Waals surface area contributed by atoms with Gasteiger partial charge in [0.2, 0.25) is 5.91 Å². The molecule has 2 atom stereocenters. The highest BCUT2D eigenvalue weighted by Gasteiger charge is 2.31. The molecule has 3 nitrogen and oxygen atoms in total. The highest BCUT2D eigenvalue weighted by atomic mass is 19.4. The van der Waals surface area contributed by atoms with Gasteiger partial charge in [-0.1, -0.05) is 0 Å². The predicted molar refractivity (Wildman–Crippen MR) is 53.9 cm³/mol. The van der Waals surface area contributed by atoms with Crippen LogP contribution in [-0.4, -0.2) is 31.2 Å². The van der Waals surface area contributed by atoms with E-state index in [4.69, 9.17) is 0 Å². The Labute approximate surface area is 92.8 Å². The minimum Gasteiger partial charge on any atom is -0.353 e. The third-order valence-electron chi connectivity index (χ3n) is 2.59. The molecule has 16 heavy (non-hydrogen) atoms. The van der Waals surface area contributed by atoms with Crippen LogP contribution in [0.1, 0.15) is 26.2 Å². The molecule has 1 saturated heterocycles. The van der Waals surface area contributed by atoms with Crippen molar-refractivity contribution in [3.63, 3.8) is 0 Å². The SMILES string of the molecule is CC(CC(F)(F)F)NC(=O)C1CCCNC1. The molecule has 6 heteroatoms. The van der Waals surface area contributed by atoms with Crippen molar-refractivity contribution in [1.82, 2.24) is 10.6 Å². The summed E-state index contributed by atoms with van der Waals surface area (Å²) >= 11 is 0. The molecule has 0 aromatic rings. The maximum Gasteiger partial charge on any atom is 0.391 e. The molecule has 1 fully saturated rings. The van der Waals surface area contributed by atoms with Crippen molar-refractivity contribution in [2.24, 2.45) is 5.92 Å². The summed E-state index contributed by atoms with van der Waals surface area (Å²) in [7, 11) is 0. The van der Waals surface area contributed by atoms with Gasteiger partial charge >= 0.3 is 6.18 Å². The first-order valence-electron chi connectivity index (χ1n) is 5.46. The average Bonchev–Trinajstić information content (AvgIpc) is 2.16. The van der Waals surface area contributed by atoms with Gasteiger partial charge in [-0.25, -0.2) is 0 Å². The van der Waals surface area contributed by atoms with E-state index < -0.39 is 18.6 Å². The number of hydrogen-bond acceptors (Lipinski definition) is 2. The zero-order valence-corrected chi connectivity index (χ0v) is 9.23. The molecule has 1 heterocycles. The van der Waals surface area contributed by atoms with Crippen molar-refractivity contribution in [2.75, 3.05) is 13.1 Å². The summed E-state index contributed by atoms with van der Waals surface area (Å²) in [5.74, 6) is -0.464. The van der Waals surface area contributed by atoms with Crippen molar-refractivity contribution >= 4 is 5.91 Å². The Morgan fingerprint density at radius 1 is 1.56 bits per heavy atom. The summed E-state index contributed by atoms with van der Waals surface area (Å²) in [5.41, 5.74) is 0. The van der Waals surface area contributed by atoms with Crippen LogP contribution in [0.2, 0.25) is 0 Å². The first kappa shape index (κ1) is 13.3. The summed E-state index contributed by atoms with van der Waals surface area (Å²) in [6.45, 7) is 2.81. The van der Waals surface area contributed by atoms with Crippen LogP contribution in [0.15, 0.2) is 0 Å². The Kier molecular flexibility index (Phi) is 4.58. The molecule has 0 spiro atoms. The molecular formula is C10H17F3N2O. The van der Waals surface area contributed by atoms with Crippen LogP contribution in [-0.2, 0) is 4.79 Å². The summed E-state index contributed by atoms with van der Waals surface area (Å²) in [6.07, 6.45) is -3.56. The van der Waals surface area contributed by atoms with Crippen molar-refractivity contribution in [3.05, 3.63) is 0 Å². The van der Waals surface area contributed by atoms with E-state index in [0.717, 1.165) is 19.4 Å². The number of hydrogen-bond donors (Lipinski definition) is 2. The Morgan fingerprint density at radius 3 is 2.75 bits per heavy atom. The Morgan fingerprint density at radius 2 is 2.25 bits per heavy atom. The standard InChI is InChI=1S/C10H17F3N2O/c1-7(5-10(11,12)13)15-9(16)8-3-2-4-14-6-8/h7-8,14H,2-6H2,1H3,(H,15,16). The Bertz CT molecular complexity index is 237. The monoisotopic (exact) mass is 238 g/mol. The Hall–Kier alpha value is -0.780. The van der Waals surface area contributed by atoms with Crippen LogP contribution < -0.4 is 10.6 Å². The van der Waals surface area contributed by atoms with E-state index in [2.05, 4.69) is 10.6 Å². The number of carbonyl (C=O) groups excluding carboxylic acids is 1. The van der Waals surface area contributed by atoms with Gasteiger partial charge in [-0.05, 0) is 26.3 Å². The molecule has 1 rings (SSSR count). The van der Waals surface area contributed by atoms with E-state index in [-0.39, 0.29) is 11.8 Å². The number of carbonyl (C=O) groups is 1. The minimum atomic E-state index is -4.22. The van der Waals surface area contributed by atoms with Gasteiger partial charge in [-0.2, -0.15) is 13.2 Å². The van der Waals surface area contributed by atoms with Gasteiger partial charge in [0.05, 0.1) is 12.3 Å². The number of amides is 1. The van der Waals surface area contributed by atoms with E-state index in [9.17, 15) is 18.0 Å². The quantitative estimate of drug-likeness (QED) is 0.781. The molecule has 0 bridgehead atoms. The predicted octanol–water partition coefficient (Wildman–Crippen LogP) is 1.44. The second kappa shape index (κ2) is 5.52. The van der Waals surface area contributed by atoms with Crippen LogP contribution in [0.25, 0.3) is 0 Å². The van der Waals surface area contributed by atoms with Crippen LogP contribution >= 0.6 is 0 Å². The lowest BCUT2D eigenvalue weighted by Gasteiger charge is -2.24. The summed E-state index contributed by atoms with van der Waals surface area (Å²) < 4.78 is 36.1. The van der Waals surface area contributed by atoms with Crippen LogP contribution in [0.5, 0.6) is 0 Å². The van der Waals surface area contributed by atoms with Crippen molar-refractivity contribution in [1.29, 1.82) is 0 Å². The average molecular weight is 238 g/mol. The van der Waals surface area contributed by atoms with Crippen LogP contribution in [0.3, 0.4) is 0 Å². The second-order valence-electron chi connectivity index (χ2n) is 4.27. The number of piperidine rings is 1. The molecule has 0 saturated carbocycles. The van der Waals surface area contributed by atoms with Gasteiger partial charge in [0.25, 0.3) is 0 Å². The first-order valence-corrected chi connectivity index (χ1v) is 5.46. The zero-order valence-electron chi connectivity index (χ0n) is 9.23. The minimum absolute atomic E-state index is 0.190. The lowest BCUT2D eigenvalue weighted by molar-refractivity contribution is -0.142. The number of nitrogens with one attached hydrogen (secondary N) is 2. The van der Waals surface area contributed by atoms with Crippen molar-refractivity contribution in [2.45, 2.75) is 38.4 Å². The number of alkyl halides is 3. The molecule has 1 aliphatic heterocycles. The van der Waals surface area contributed by atoms with Crippen LogP contribution in [0, 0.1) is 5.92 Å². The largest absolute Gasteiger partial charge is 0.391 e.